The Hall–Kier alpha value is -1.95. The number of anilines is 1. The normalized spacial score (nSPS) is 10.3. The highest BCUT2D eigenvalue weighted by atomic mass is 79.9. The molecule has 1 N–H and O–H groups in total. The van der Waals surface area contributed by atoms with Gasteiger partial charge in [0.25, 0.3) is 0 Å². The molecular formula is C15H12BrF2NO2. The van der Waals surface area contributed by atoms with Crippen molar-refractivity contribution in [3.8, 4) is 0 Å². The summed E-state index contributed by atoms with van der Waals surface area (Å²) < 4.78 is 31.5. The summed E-state index contributed by atoms with van der Waals surface area (Å²) in [6.45, 7) is 0.344. The maximum atomic E-state index is 13.2. The van der Waals surface area contributed by atoms with Gasteiger partial charge in [-0.05, 0) is 35.9 Å². The lowest BCUT2D eigenvalue weighted by Crippen LogP contribution is -2.09. The number of methoxy groups -OCH3 is 1. The van der Waals surface area contributed by atoms with E-state index in [4.69, 9.17) is 0 Å². The van der Waals surface area contributed by atoms with Crippen LogP contribution in [0, 0.1) is 11.6 Å². The van der Waals surface area contributed by atoms with E-state index >= 15 is 0 Å². The monoisotopic (exact) mass is 355 g/mol. The van der Waals surface area contributed by atoms with Gasteiger partial charge in [-0.15, -0.1) is 0 Å². The van der Waals surface area contributed by atoms with E-state index in [1.54, 1.807) is 6.07 Å². The topological polar surface area (TPSA) is 38.3 Å². The molecule has 0 saturated carbocycles. The Kier molecular flexibility index (Phi) is 4.90. The Morgan fingerprint density at radius 2 is 1.86 bits per heavy atom. The van der Waals surface area contributed by atoms with Crippen LogP contribution < -0.4 is 5.32 Å². The van der Waals surface area contributed by atoms with Crippen molar-refractivity contribution in [3.63, 3.8) is 0 Å². The van der Waals surface area contributed by atoms with Crippen molar-refractivity contribution in [2.45, 2.75) is 6.54 Å². The number of hydrogen-bond donors (Lipinski definition) is 1. The van der Waals surface area contributed by atoms with E-state index < -0.39 is 11.8 Å². The van der Waals surface area contributed by atoms with Crippen LogP contribution in [0.15, 0.2) is 40.9 Å². The SMILES string of the molecule is COC(=O)c1cc(F)ccc1NCc1ccc(F)cc1Br. The van der Waals surface area contributed by atoms with Gasteiger partial charge in [-0.25, -0.2) is 13.6 Å². The number of ether oxygens (including phenoxy) is 1. The third-order valence-electron chi connectivity index (χ3n) is 2.87. The van der Waals surface area contributed by atoms with E-state index in [2.05, 4.69) is 26.0 Å². The predicted octanol–water partition coefficient (Wildman–Crippen LogP) is 4.13. The average Bonchev–Trinajstić information content (AvgIpc) is 2.46. The van der Waals surface area contributed by atoms with Crippen LogP contribution in [0.2, 0.25) is 0 Å². The third kappa shape index (κ3) is 3.78. The summed E-state index contributed by atoms with van der Waals surface area (Å²) >= 11 is 3.26. The number of rotatable bonds is 4. The highest BCUT2D eigenvalue weighted by molar-refractivity contribution is 9.10. The maximum absolute atomic E-state index is 13.2. The first-order valence-corrected chi connectivity index (χ1v) is 6.86. The van der Waals surface area contributed by atoms with E-state index in [0.717, 1.165) is 11.6 Å². The molecule has 0 aromatic heterocycles. The van der Waals surface area contributed by atoms with E-state index in [1.807, 2.05) is 0 Å². The molecule has 0 aliphatic heterocycles. The number of esters is 1. The lowest BCUT2D eigenvalue weighted by molar-refractivity contribution is 0.0601. The summed E-state index contributed by atoms with van der Waals surface area (Å²) in [6.07, 6.45) is 0. The van der Waals surface area contributed by atoms with Crippen molar-refractivity contribution >= 4 is 27.6 Å². The minimum absolute atomic E-state index is 0.107. The molecule has 0 fully saturated rings. The summed E-state index contributed by atoms with van der Waals surface area (Å²) in [5.74, 6) is -1.50. The van der Waals surface area contributed by atoms with Crippen molar-refractivity contribution in [1.82, 2.24) is 0 Å². The summed E-state index contributed by atoms with van der Waals surface area (Å²) in [6, 6.07) is 8.12. The Balaban J connectivity index is 2.21. The van der Waals surface area contributed by atoms with Crippen molar-refractivity contribution in [2.24, 2.45) is 0 Å². The van der Waals surface area contributed by atoms with Gasteiger partial charge in [0.1, 0.15) is 11.6 Å². The van der Waals surface area contributed by atoms with Gasteiger partial charge in [-0.2, -0.15) is 0 Å². The number of hydrogen-bond acceptors (Lipinski definition) is 3. The molecule has 0 saturated heterocycles. The fourth-order valence-electron chi connectivity index (χ4n) is 1.80. The summed E-state index contributed by atoms with van der Waals surface area (Å²) in [5.41, 5.74) is 1.35. The highest BCUT2D eigenvalue weighted by Gasteiger charge is 2.13. The molecular weight excluding hydrogens is 344 g/mol. The lowest BCUT2D eigenvalue weighted by atomic mass is 10.1. The third-order valence-corrected chi connectivity index (χ3v) is 3.61. The van der Waals surface area contributed by atoms with Gasteiger partial charge in [-0.3, -0.25) is 0 Å². The van der Waals surface area contributed by atoms with Gasteiger partial charge in [0.2, 0.25) is 0 Å². The second-order valence-corrected chi connectivity index (χ2v) is 5.13. The summed E-state index contributed by atoms with van der Waals surface area (Å²) in [4.78, 5) is 11.6. The zero-order valence-corrected chi connectivity index (χ0v) is 12.7. The Morgan fingerprint density at radius 3 is 2.52 bits per heavy atom. The van der Waals surface area contributed by atoms with E-state index in [-0.39, 0.29) is 11.4 Å². The number of carbonyl (C=O) groups excluding carboxylic acids is 1. The zero-order valence-electron chi connectivity index (χ0n) is 11.1. The fraction of sp³-hybridized carbons (Fsp3) is 0.133. The van der Waals surface area contributed by atoms with Crippen molar-refractivity contribution in [3.05, 3.63) is 63.6 Å². The van der Waals surface area contributed by atoms with Crippen molar-refractivity contribution < 1.29 is 18.3 Å². The molecule has 2 aromatic carbocycles. The molecule has 0 spiro atoms. The molecule has 2 aromatic rings. The van der Waals surface area contributed by atoms with E-state index in [9.17, 15) is 13.6 Å². The van der Waals surface area contributed by atoms with Gasteiger partial charge in [0.15, 0.2) is 0 Å². The molecule has 0 atom stereocenters. The minimum atomic E-state index is -0.629. The Labute approximate surface area is 129 Å². The van der Waals surface area contributed by atoms with Gasteiger partial charge in [0, 0.05) is 16.7 Å². The molecule has 2 rings (SSSR count). The van der Waals surface area contributed by atoms with Crippen LogP contribution in [0.5, 0.6) is 0 Å². The average molecular weight is 356 g/mol. The molecule has 0 unspecified atom stereocenters. The highest BCUT2D eigenvalue weighted by Crippen LogP contribution is 2.22. The molecule has 0 bridgehead atoms. The first kappa shape index (κ1) is 15.4. The first-order chi connectivity index (χ1) is 10.0. The van der Waals surface area contributed by atoms with Crippen LogP contribution in [0.1, 0.15) is 15.9 Å². The molecule has 0 amide bonds. The van der Waals surface area contributed by atoms with Crippen LogP contribution in [0.3, 0.4) is 0 Å². The Bertz CT molecular complexity index is 677. The van der Waals surface area contributed by atoms with Crippen molar-refractivity contribution in [1.29, 1.82) is 0 Å². The first-order valence-electron chi connectivity index (χ1n) is 6.07. The minimum Gasteiger partial charge on any atom is -0.465 e. The zero-order chi connectivity index (χ0) is 15.4. The molecule has 21 heavy (non-hydrogen) atoms. The Morgan fingerprint density at radius 1 is 1.19 bits per heavy atom. The smallest absolute Gasteiger partial charge is 0.340 e. The number of benzene rings is 2. The summed E-state index contributed by atoms with van der Waals surface area (Å²) in [7, 11) is 1.23. The van der Waals surface area contributed by atoms with E-state index in [0.29, 0.717) is 16.7 Å². The second kappa shape index (κ2) is 6.67. The molecule has 0 aliphatic carbocycles. The van der Waals surface area contributed by atoms with Gasteiger partial charge >= 0.3 is 5.97 Å². The van der Waals surface area contributed by atoms with Crippen LogP contribution in [0.25, 0.3) is 0 Å². The molecule has 0 aliphatic rings. The van der Waals surface area contributed by atoms with Crippen LogP contribution in [0.4, 0.5) is 14.5 Å². The lowest BCUT2D eigenvalue weighted by Gasteiger charge is -2.12. The number of carbonyl (C=O) groups is 1. The van der Waals surface area contributed by atoms with Gasteiger partial charge in [-0.1, -0.05) is 22.0 Å². The fourth-order valence-corrected chi connectivity index (χ4v) is 2.30. The largest absolute Gasteiger partial charge is 0.465 e. The molecule has 6 heteroatoms. The van der Waals surface area contributed by atoms with E-state index in [1.165, 1.54) is 31.4 Å². The van der Waals surface area contributed by atoms with Crippen molar-refractivity contribution in [2.75, 3.05) is 12.4 Å². The predicted molar refractivity (Wildman–Crippen MR) is 79.2 cm³/mol. The molecule has 0 heterocycles. The van der Waals surface area contributed by atoms with Crippen LogP contribution >= 0.6 is 15.9 Å². The number of nitrogens with one attached hydrogen (secondary N) is 1. The van der Waals surface area contributed by atoms with Crippen LogP contribution in [-0.4, -0.2) is 13.1 Å². The quantitative estimate of drug-likeness (QED) is 0.838. The standard InChI is InChI=1S/C15H12BrF2NO2/c1-21-15(20)12-6-10(17)4-5-14(12)19-8-9-2-3-11(18)7-13(9)16/h2-7,19H,8H2,1H3. The van der Waals surface area contributed by atoms with Gasteiger partial charge < -0.3 is 10.1 Å². The molecule has 0 radical (unpaired) electrons. The van der Waals surface area contributed by atoms with Gasteiger partial charge in [0.05, 0.1) is 12.7 Å². The molecule has 3 nitrogen and oxygen atoms in total. The second-order valence-electron chi connectivity index (χ2n) is 4.27. The number of halogens is 3. The summed E-state index contributed by atoms with van der Waals surface area (Å²) in [5, 5.41) is 3.01. The maximum Gasteiger partial charge on any atom is 0.340 e. The molecule has 110 valence electrons. The van der Waals surface area contributed by atoms with Crippen LogP contribution in [-0.2, 0) is 11.3 Å².